The molecule has 1 aliphatic heterocycles. The van der Waals surface area contributed by atoms with Crippen molar-refractivity contribution in [1.29, 1.82) is 0 Å². The Hall–Kier alpha value is -1.60. The van der Waals surface area contributed by atoms with Crippen LogP contribution in [-0.4, -0.2) is 37.0 Å². The number of hydrogen-bond donors (Lipinski definition) is 1. The smallest absolute Gasteiger partial charge is 0.330 e. The molecule has 1 aromatic rings. The Morgan fingerprint density at radius 1 is 1.24 bits per heavy atom. The van der Waals surface area contributed by atoms with Crippen LogP contribution >= 0.6 is 0 Å². The van der Waals surface area contributed by atoms with Crippen LogP contribution in [0, 0.1) is 0 Å². The number of carbonyl (C=O) groups is 1. The molecule has 0 saturated carbocycles. The van der Waals surface area contributed by atoms with Crippen molar-refractivity contribution in [2.24, 2.45) is 0 Å². The molecule has 1 aliphatic rings. The maximum atomic E-state index is 12.0. The van der Waals surface area contributed by atoms with Gasteiger partial charge in [0.05, 0.1) is 11.3 Å². The van der Waals surface area contributed by atoms with Gasteiger partial charge < -0.3 is 5.11 Å². The monoisotopic (exact) mass is 256 g/mol. The van der Waals surface area contributed by atoms with E-state index < -0.39 is 22.8 Å². The fourth-order valence-corrected chi connectivity index (χ4v) is 3.24. The molecule has 0 radical (unpaired) electrons. The summed E-state index contributed by atoms with van der Waals surface area (Å²) in [6.45, 7) is 0.911. The zero-order chi connectivity index (χ0) is 12.6. The van der Waals surface area contributed by atoms with E-state index in [1.165, 1.54) is 12.1 Å². The SMILES string of the molecule is CCN1C(=O)c2ccccc2N(CO)S1(=O)=O. The molecule has 0 fully saturated rings. The molecule has 0 aromatic heterocycles. The highest BCUT2D eigenvalue weighted by Crippen LogP contribution is 2.31. The van der Waals surface area contributed by atoms with Crippen LogP contribution in [0.4, 0.5) is 5.69 Å². The molecule has 0 atom stereocenters. The molecule has 0 aliphatic carbocycles. The maximum absolute atomic E-state index is 12.0. The standard InChI is InChI=1S/C10H12N2O4S/c1-2-11-10(14)8-5-3-4-6-9(8)12(7-13)17(11,15)16/h3-6,13H,2,7H2,1H3. The lowest BCUT2D eigenvalue weighted by molar-refractivity contribution is 0.0861. The van der Waals surface area contributed by atoms with Gasteiger partial charge in [0.15, 0.2) is 0 Å². The lowest BCUT2D eigenvalue weighted by Gasteiger charge is -2.35. The number of aliphatic hydroxyl groups excluding tert-OH is 1. The number of benzene rings is 1. The first kappa shape index (κ1) is 11.9. The lowest BCUT2D eigenvalue weighted by Crippen LogP contribution is -2.51. The van der Waals surface area contributed by atoms with Crippen molar-refractivity contribution in [2.45, 2.75) is 6.92 Å². The molecule has 92 valence electrons. The normalized spacial score (nSPS) is 18.1. The average Bonchev–Trinajstić information content (AvgIpc) is 2.29. The predicted octanol–water partition coefficient (Wildman–Crippen LogP) is 0.163. The van der Waals surface area contributed by atoms with E-state index in [1.54, 1.807) is 19.1 Å². The second-order valence-corrected chi connectivity index (χ2v) is 5.26. The topological polar surface area (TPSA) is 77.9 Å². The second-order valence-electron chi connectivity index (χ2n) is 3.48. The van der Waals surface area contributed by atoms with Crippen molar-refractivity contribution in [3.63, 3.8) is 0 Å². The molecule has 7 heteroatoms. The number of para-hydroxylation sites is 1. The number of anilines is 1. The largest absolute Gasteiger partial charge is 0.375 e. The van der Waals surface area contributed by atoms with E-state index in [1.807, 2.05) is 0 Å². The minimum absolute atomic E-state index is 0.0337. The highest BCUT2D eigenvalue weighted by molar-refractivity contribution is 7.91. The highest BCUT2D eigenvalue weighted by atomic mass is 32.2. The Morgan fingerprint density at radius 2 is 1.88 bits per heavy atom. The summed E-state index contributed by atoms with van der Waals surface area (Å²) in [5.41, 5.74) is 0.489. The second kappa shape index (κ2) is 4.01. The van der Waals surface area contributed by atoms with E-state index in [-0.39, 0.29) is 17.8 Å². The lowest BCUT2D eigenvalue weighted by atomic mass is 10.1. The van der Waals surface area contributed by atoms with Gasteiger partial charge in [0.25, 0.3) is 5.91 Å². The molecule has 1 aromatic carbocycles. The summed E-state index contributed by atoms with van der Waals surface area (Å²) in [6.07, 6.45) is 0. The Labute approximate surface area is 99.3 Å². The molecule has 0 saturated heterocycles. The molecule has 2 rings (SSSR count). The first-order valence-corrected chi connectivity index (χ1v) is 6.48. The molecule has 6 nitrogen and oxygen atoms in total. The number of hydrogen-bond acceptors (Lipinski definition) is 4. The van der Waals surface area contributed by atoms with Gasteiger partial charge in [-0.05, 0) is 19.1 Å². The summed E-state index contributed by atoms with van der Waals surface area (Å²) in [6, 6.07) is 6.30. The van der Waals surface area contributed by atoms with E-state index in [0.717, 1.165) is 8.61 Å². The van der Waals surface area contributed by atoms with Crippen LogP contribution in [-0.2, 0) is 10.2 Å². The number of fused-ring (bicyclic) bond motifs is 1. The van der Waals surface area contributed by atoms with Crippen LogP contribution in [0.1, 0.15) is 17.3 Å². The van der Waals surface area contributed by atoms with Gasteiger partial charge in [-0.2, -0.15) is 8.42 Å². The first-order valence-electron chi connectivity index (χ1n) is 5.08. The zero-order valence-corrected chi connectivity index (χ0v) is 10.0. The van der Waals surface area contributed by atoms with Gasteiger partial charge >= 0.3 is 10.2 Å². The molecule has 1 amide bonds. The van der Waals surface area contributed by atoms with Gasteiger partial charge in [-0.3, -0.25) is 4.79 Å². The summed E-state index contributed by atoms with van der Waals surface area (Å²) in [5.74, 6) is -0.562. The molecule has 0 bridgehead atoms. The third-order valence-corrected chi connectivity index (χ3v) is 4.45. The first-order chi connectivity index (χ1) is 8.04. The van der Waals surface area contributed by atoms with Gasteiger partial charge in [-0.1, -0.05) is 12.1 Å². The Bertz CT molecular complexity index is 555. The van der Waals surface area contributed by atoms with Gasteiger partial charge in [-0.15, -0.1) is 0 Å². The highest BCUT2D eigenvalue weighted by Gasteiger charge is 2.40. The Balaban J connectivity index is 2.70. The zero-order valence-electron chi connectivity index (χ0n) is 9.20. The summed E-state index contributed by atoms with van der Waals surface area (Å²) >= 11 is 0. The number of nitrogens with zero attached hydrogens (tertiary/aromatic N) is 2. The summed E-state index contributed by atoms with van der Waals surface area (Å²) < 4.78 is 25.6. The molecule has 17 heavy (non-hydrogen) atoms. The van der Waals surface area contributed by atoms with E-state index in [9.17, 15) is 18.3 Å². The third kappa shape index (κ3) is 1.58. The fourth-order valence-electron chi connectivity index (χ4n) is 1.81. The van der Waals surface area contributed by atoms with E-state index in [2.05, 4.69) is 0 Å². The predicted molar refractivity (Wildman–Crippen MR) is 61.6 cm³/mol. The summed E-state index contributed by atoms with van der Waals surface area (Å²) in [5, 5.41) is 9.18. The van der Waals surface area contributed by atoms with Crippen LogP contribution in [0.25, 0.3) is 0 Å². The number of carbonyl (C=O) groups excluding carboxylic acids is 1. The van der Waals surface area contributed by atoms with Gasteiger partial charge in [-0.25, -0.2) is 8.61 Å². The van der Waals surface area contributed by atoms with Crippen LogP contribution < -0.4 is 4.31 Å². The van der Waals surface area contributed by atoms with Gasteiger partial charge in [0.1, 0.15) is 6.73 Å². The van der Waals surface area contributed by atoms with E-state index in [0.29, 0.717) is 0 Å². The van der Waals surface area contributed by atoms with Crippen molar-refractivity contribution >= 4 is 21.8 Å². The summed E-state index contributed by atoms with van der Waals surface area (Å²) in [4.78, 5) is 12.0. The van der Waals surface area contributed by atoms with Gasteiger partial charge in [0.2, 0.25) is 0 Å². The summed E-state index contributed by atoms with van der Waals surface area (Å²) in [7, 11) is -3.96. The molecular weight excluding hydrogens is 244 g/mol. The fraction of sp³-hybridized carbons (Fsp3) is 0.300. The molecular formula is C10H12N2O4S. The molecule has 0 unspecified atom stereocenters. The quantitative estimate of drug-likeness (QED) is 0.817. The van der Waals surface area contributed by atoms with E-state index >= 15 is 0 Å². The number of rotatable bonds is 2. The minimum Gasteiger partial charge on any atom is -0.375 e. The average molecular weight is 256 g/mol. The van der Waals surface area contributed by atoms with Gasteiger partial charge in [0, 0.05) is 6.54 Å². The van der Waals surface area contributed by atoms with Crippen LogP contribution in [0.3, 0.4) is 0 Å². The maximum Gasteiger partial charge on any atom is 0.330 e. The molecule has 1 heterocycles. The minimum atomic E-state index is -3.96. The van der Waals surface area contributed by atoms with Crippen LogP contribution in [0.5, 0.6) is 0 Å². The van der Waals surface area contributed by atoms with Crippen molar-refractivity contribution in [3.8, 4) is 0 Å². The third-order valence-electron chi connectivity index (χ3n) is 2.60. The van der Waals surface area contributed by atoms with Crippen molar-refractivity contribution in [3.05, 3.63) is 29.8 Å². The molecule has 1 N–H and O–H groups in total. The number of aliphatic hydroxyl groups is 1. The van der Waals surface area contributed by atoms with E-state index in [4.69, 9.17) is 0 Å². The van der Waals surface area contributed by atoms with Crippen molar-refractivity contribution in [1.82, 2.24) is 4.31 Å². The van der Waals surface area contributed by atoms with Crippen molar-refractivity contribution in [2.75, 3.05) is 17.6 Å². The van der Waals surface area contributed by atoms with Crippen LogP contribution in [0.15, 0.2) is 24.3 Å². The molecule has 0 spiro atoms. The Morgan fingerprint density at radius 3 is 2.47 bits per heavy atom. The van der Waals surface area contributed by atoms with Crippen molar-refractivity contribution < 1.29 is 18.3 Å². The Kier molecular flexibility index (Phi) is 2.80. The number of amides is 1. The van der Waals surface area contributed by atoms with Crippen LogP contribution in [0.2, 0.25) is 0 Å².